The van der Waals surface area contributed by atoms with Crippen molar-refractivity contribution < 1.29 is 9.31 Å². The predicted molar refractivity (Wildman–Crippen MR) is 55.2 cm³/mol. The lowest BCUT2D eigenvalue weighted by Gasteiger charge is -2.15. The summed E-state index contributed by atoms with van der Waals surface area (Å²) in [7, 11) is -0.307. The summed E-state index contributed by atoms with van der Waals surface area (Å²) in [6.07, 6.45) is 1.68. The smallest absolute Gasteiger partial charge is 0.404 e. The molecule has 0 radical (unpaired) electrons. The molecule has 2 N–H and O–H groups in total. The van der Waals surface area contributed by atoms with Crippen LogP contribution < -0.4 is 11.2 Å². The second-order valence-corrected chi connectivity index (χ2v) is 4.04. The Morgan fingerprint density at radius 2 is 2.29 bits per heavy atom. The second kappa shape index (κ2) is 3.26. The van der Waals surface area contributed by atoms with Crippen LogP contribution in [0.5, 0.6) is 0 Å². The van der Waals surface area contributed by atoms with Gasteiger partial charge in [0.2, 0.25) is 0 Å². The Morgan fingerprint density at radius 1 is 1.50 bits per heavy atom. The van der Waals surface area contributed by atoms with E-state index in [1.165, 1.54) is 0 Å². The van der Waals surface area contributed by atoms with Crippen molar-refractivity contribution in [1.29, 1.82) is 0 Å². The molecule has 0 amide bonds. The highest BCUT2D eigenvalue weighted by Crippen LogP contribution is 2.19. The van der Waals surface area contributed by atoms with Crippen molar-refractivity contribution in [3.8, 4) is 0 Å². The topological polar surface area (TPSA) is 57.4 Å². The van der Waals surface area contributed by atoms with E-state index in [1.54, 1.807) is 12.3 Å². The van der Waals surface area contributed by atoms with Gasteiger partial charge >= 0.3 is 7.12 Å². The number of nitrogen functional groups attached to an aromatic ring is 1. The highest BCUT2D eigenvalue weighted by atomic mass is 16.7. The third kappa shape index (κ3) is 1.88. The van der Waals surface area contributed by atoms with E-state index in [0.717, 1.165) is 5.46 Å². The quantitative estimate of drug-likeness (QED) is 0.645. The molecule has 1 aromatic rings. The van der Waals surface area contributed by atoms with Gasteiger partial charge in [-0.05, 0) is 19.9 Å². The van der Waals surface area contributed by atoms with Gasteiger partial charge in [-0.1, -0.05) is 6.07 Å². The fourth-order valence-corrected chi connectivity index (χ4v) is 1.35. The van der Waals surface area contributed by atoms with Gasteiger partial charge in [-0.3, -0.25) is 0 Å². The van der Waals surface area contributed by atoms with Crippen LogP contribution in [0.3, 0.4) is 0 Å². The Labute approximate surface area is 83.6 Å². The molecule has 0 spiro atoms. The zero-order chi connectivity index (χ0) is 10.2. The maximum absolute atomic E-state index is 5.67. The molecule has 0 unspecified atom stereocenters. The fourth-order valence-electron chi connectivity index (χ4n) is 1.35. The molecule has 0 saturated carbocycles. The first-order valence-electron chi connectivity index (χ1n) is 4.58. The molecule has 74 valence electrons. The maximum Gasteiger partial charge on any atom is 0.496 e. The Kier molecular flexibility index (Phi) is 2.21. The molecule has 1 saturated heterocycles. The second-order valence-electron chi connectivity index (χ2n) is 4.04. The van der Waals surface area contributed by atoms with E-state index in [4.69, 9.17) is 15.0 Å². The van der Waals surface area contributed by atoms with Crippen LogP contribution in [0.4, 0.5) is 5.82 Å². The Balaban J connectivity index is 2.14. The molecule has 0 atom stereocenters. The third-order valence-electron chi connectivity index (χ3n) is 2.09. The average Bonchev–Trinajstić information content (AvgIpc) is 2.47. The van der Waals surface area contributed by atoms with Crippen LogP contribution in [0.2, 0.25) is 0 Å². The molecular formula is C9H13BN2O2. The molecule has 1 aromatic heterocycles. The number of nitrogens with zero attached hydrogens (tertiary/aromatic N) is 1. The SMILES string of the molecule is CC1(C)COB(c2ccc(N)nc2)O1. The van der Waals surface area contributed by atoms with E-state index in [-0.39, 0.29) is 12.7 Å². The highest BCUT2D eigenvalue weighted by molar-refractivity contribution is 6.61. The monoisotopic (exact) mass is 192 g/mol. The first kappa shape index (κ1) is 9.49. The standard InChI is InChI=1S/C9H13BN2O2/c1-9(2)6-13-10(14-9)7-3-4-8(11)12-5-7/h3-5H,6H2,1-2H3,(H2,11,12). The molecule has 2 heterocycles. The molecule has 0 aliphatic carbocycles. The van der Waals surface area contributed by atoms with E-state index in [0.29, 0.717) is 12.4 Å². The average molecular weight is 192 g/mol. The number of anilines is 1. The molecule has 0 aromatic carbocycles. The van der Waals surface area contributed by atoms with E-state index < -0.39 is 0 Å². The summed E-state index contributed by atoms with van der Waals surface area (Å²) in [5.41, 5.74) is 6.18. The molecule has 1 fully saturated rings. The number of nitrogens with two attached hydrogens (primary N) is 1. The van der Waals surface area contributed by atoms with Crippen LogP contribution in [0, 0.1) is 0 Å². The summed E-state index contributed by atoms with van der Waals surface area (Å²) in [5, 5.41) is 0. The van der Waals surface area contributed by atoms with Crippen molar-refractivity contribution in [2.24, 2.45) is 0 Å². The van der Waals surface area contributed by atoms with Crippen molar-refractivity contribution in [3.05, 3.63) is 18.3 Å². The van der Waals surface area contributed by atoms with Gasteiger partial charge in [-0.25, -0.2) is 4.98 Å². The summed E-state index contributed by atoms with van der Waals surface area (Å²) in [6, 6.07) is 3.61. The van der Waals surface area contributed by atoms with Crippen LogP contribution in [0.25, 0.3) is 0 Å². The van der Waals surface area contributed by atoms with E-state index >= 15 is 0 Å². The predicted octanol–water partition coefficient (Wildman–Crippen LogP) is 0.184. The van der Waals surface area contributed by atoms with Gasteiger partial charge in [-0.15, -0.1) is 0 Å². The van der Waals surface area contributed by atoms with Gasteiger partial charge in [0.05, 0.1) is 12.2 Å². The summed E-state index contributed by atoms with van der Waals surface area (Å²) in [4.78, 5) is 3.99. The van der Waals surface area contributed by atoms with Crippen LogP contribution >= 0.6 is 0 Å². The molecule has 14 heavy (non-hydrogen) atoms. The first-order chi connectivity index (χ1) is 6.57. The van der Waals surface area contributed by atoms with Crippen molar-refractivity contribution >= 4 is 18.4 Å². The minimum atomic E-state index is -0.307. The van der Waals surface area contributed by atoms with Gasteiger partial charge in [-0.2, -0.15) is 0 Å². The summed E-state index contributed by atoms with van der Waals surface area (Å²) >= 11 is 0. The molecule has 1 aliphatic heterocycles. The largest absolute Gasteiger partial charge is 0.496 e. The molecule has 2 rings (SSSR count). The van der Waals surface area contributed by atoms with Gasteiger partial charge in [0.15, 0.2) is 0 Å². The Hall–Kier alpha value is -1.07. The number of hydrogen-bond donors (Lipinski definition) is 1. The zero-order valence-electron chi connectivity index (χ0n) is 8.36. The molecular weight excluding hydrogens is 179 g/mol. The van der Waals surface area contributed by atoms with E-state index in [2.05, 4.69) is 4.98 Å². The van der Waals surface area contributed by atoms with Crippen molar-refractivity contribution in [3.63, 3.8) is 0 Å². The minimum absolute atomic E-state index is 0.216. The third-order valence-corrected chi connectivity index (χ3v) is 2.09. The highest BCUT2D eigenvalue weighted by Gasteiger charge is 2.38. The van der Waals surface area contributed by atoms with E-state index in [1.807, 2.05) is 19.9 Å². The molecule has 1 aliphatic rings. The number of hydrogen-bond acceptors (Lipinski definition) is 4. The van der Waals surface area contributed by atoms with Crippen LogP contribution in [0.1, 0.15) is 13.8 Å². The lowest BCUT2D eigenvalue weighted by atomic mass is 9.80. The lowest BCUT2D eigenvalue weighted by molar-refractivity contribution is 0.137. The summed E-state index contributed by atoms with van der Waals surface area (Å²) in [5.74, 6) is 0.506. The van der Waals surface area contributed by atoms with Gasteiger partial charge < -0.3 is 15.0 Å². The molecule has 4 nitrogen and oxygen atoms in total. The Bertz CT molecular complexity index is 326. The Morgan fingerprint density at radius 3 is 2.79 bits per heavy atom. The lowest BCUT2D eigenvalue weighted by Crippen LogP contribution is -2.34. The number of pyridine rings is 1. The van der Waals surface area contributed by atoms with Gasteiger partial charge in [0, 0.05) is 11.7 Å². The summed E-state index contributed by atoms with van der Waals surface area (Å²) < 4.78 is 11.2. The van der Waals surface area contributed by atoms with Crippen molar-refractivity contribution in [2.45, 2.75) is 19.4 Å². The van der Waals surface area contributed by atoms with Crippen LogP contribution in [-0.4, -0.2) is 24.3 Å². The van der Waals surface area contributed by atoms with Gasteiger partial charge in [0.25, 0.3) is 0 Å². The molecule has 0 bridgehead atoms. The maximum atomic E-state index is 5.67. The first-order valence-corrected chi connectivity index (χ1v) is 4.58. The van der Waals surface area contributed by atoms with Crippen molar-refractivity contribution in [2.75, 3.05) is 12.3 Å². The molecule has 5 heteroatoms. The minimum Gasteiger partial charge on any atom is -0.404 e. The number of aromatic nitrogens is 1. The van der Waals surface area contributed by atoms with Crippen LogP contribution in [-0.2, 0) is 9.31 Å². The van der Waals surface area contributed by atoms with E-state index in [9.17, 15) is 0 Å². The van der Waals surface area contributed by atoms with Crippen molar-refractivity contribution in [1.82, 2.24) is 4.98 Å². The van der Waals surface area contributed by atoms with Gasteiger partial charge in [0.1, 0.15) is 5.82 Å². The summed E-state index contributed by atoms with van der Waals surface area (Å²) in [6.45, 7) is 4.59. The number of rotatable bonds is 1. The van der Waals surface area contributed by atoms with Crippen LogP contribution in [0.15, 0.2) is 18.3 Å². The fraction of sp³-hybridized carbons (Fsp3) is 0.444. The zero-order valence-corrected chi connectivity index (χ0v) is 8.36. The normalized spacial score (nSPS) is 20.0.